The third kappa shape index (κ3) is 1.90. The molecule has 1 aliphatic heterocycles. The van der Waals surface area contributed by atoms with Crippen molar-refractivity contribution in [1.82, 2.24) is 0 Å². The van der Waals surface area contributed by atoms with Crippen LogP contribution in [0.5, 0.6) is 0 Å². The van der Waals surface area contributed by atoms with E-state index < -0.39 is 0 Å². The van der Waals surface area contributed by atoms with E-state index in [1.807, 2.05) is 38.1 Å². The molecule has 0 spiro atoms. The van der Waals surface area contributed by atoms with Gasteiger partial charge in [-0.2, -0.15) is 0 Å². The third-order valence-electron chi connectivity index (χ3n) is 2.89. The first-order valence-electron chi connectivity index (χ1n) is 5.71. The number of carbonyl (C=O) groups is 2. The molecular weight excluding hydrogens is 216 g/mol. The van der Waals surface area contributed by atoms with E-state index in [0.717, 1.165) is 11.4 Å². The lowest BCUT2D eigenvalue weighted by Gasteiger charge is -2.37. The molecule has 0 unspecified atom stereocenters. The van der Waals surface area contributed by atoms with Crippen LogP contribution >= 0.6 is 0 Å². The van der Waals surface area contributed by atoms with Crippen LogP contribution in [-0.4, -0.2) is 24.4 Å². The number of anilines is 2. The van der Waals surface area contributed by atoms with E-state index >= 15 is 0 Å². The van der Waals surface area contributed by atoms with Crippen molar-refractivity contribution in [2.75, 3.05) is 16.3 Å². The lowest BCUT2D eigenvalue weighted by molar-refractivity contribution is -0.122. The van der Waals surface area contributed by atoms with Gasteiger partial charge >= 0.3 is 0 Å². The predicted molar refractivity (Wildman–Crippen MR) is 67.1 cm³/mol. The van der Waals surface area contributed by atoms with E-state index in [-0.39, 0.29) is 24.4 Å². The Bertz CT molecular complexity index is 468. The fraction of sp³-hybridized carbons (Fsp3) is 0.385. The summed E-state index contributed by atoms with van der Waals surface area (Å²) in [6, 6.07) is 7.60. The highest BCUT2D eigenvalue weighted by Gasteiger charge is 2.31. The molecule has 1 heterocycles. The van der Waals surface area contributed by atoms with Crippen LogP contribution in [0.2, 0.25) is 0 Å². The zero-order chi connectivity index (χ0) is 12.6. The first-order chi connectivity index (χ1) is 8.02. The minimum atomic E-state index is -0.103. The maximum atomic E-state index is 12.0. The number of hydrogen-bond donors (Lipinski definition) is 0. The Balaban J connectivity index is 2.54. The van der Waals surface area contributed by atoms with Crippen molar-refractivity contribution in [2.24, 2.45) is 0 Å². The number of fused-ring (bicyclic) bond motifs is 1. The van der Waals surface area contributed by atoms with Crippen LogP contribution in [0.15, 0.2) is 24.3 Å². The van der Waals surface area contributed by atoms with Crippen molar-refractivity contribution in [3.05, 3.63) is 24.3 Å². The molecule has 0 bridgehead atoms. The molecule has 0 aromatic heterocycles. The molecule has 1 aliphatic rings. The number of carbonyl (C=O) groups excluding carboxylic acids is 2. The summed E-state index contributed by atoms with van der Waals surface area (Å²) in [6.45, 7) is 5.55. The zero-order valence-electron chi connectivity index (χ0n) is 10.3. The van der Waals surface area contributed by atoms with Gasteiger partial charge in [-0.15, -0.1) is 0 Å². The van der Waals surface area contributed by atoms with Crippen LogP contribution in [0, 0.1) is 0 Å². The Morgan fingerprint density at radius 2 is 1.82 bits per heavy atom. The Morgan fingerprint density at radius 3 is 2.35 bits per heavy atom. The third-order valence-corrected chi connectivity index (χ3v) is 2.89. The molecule has 0 fully saturated rings. The molecule has 0 radical (unpaired) electrons. The fourth-order valence-electron chi connectivity index (χ4n) is 2.17. The average Bonchev–Trinajstić information content (AvgIpc) is 2.27. The van der Waals surface area contributed by atoms with Crippen LogP contribution in [0.1, 0.15) is 20.8 Å². The van der Waals surface area contributed by atoms with E-state index in [9.17, 15) is 9.59 Å². The van der Waals surface area contributed by atoms with Crippen molar-refractivity contribution < 1.29 is 9.59 Å². The smallest absolute Gasteiger partial charge is 0.247 e. The van der Waals surface area contributed by atoms with Gasteiger partial charge in [-0.05, 0) is 26.0 Å². The fourth-order valence-corrected chi connectivity index (χ4v) is 2.17. The van der Waals surface area contributed by atoms with E-state index in [2.05, 4.69) is 0 Å². The number of nitrogens with zero attached hydrogens (tertiary/aromatic N) is 2. The van der Waals surface area contributed by atoms with Gasteiger partial charge in [-0.25, -0.2) is 0 Å². The van der Waals surface area contributed by atoms with Gasteiger partial charge in [0, 0.05) is 13.0 Å². The summed E-state index contributed by atoms with van der Waals surface area (Å²) in [5.74, 6) is -0.136. The van der Waals surface area contributed by atoms with Crippen molar-refractivity contribution >= 4 is 23.2 Å². The number of para-hydroxylation sites is 2. The highest BCUT2D eigenvalue weighted by atomic mass is 16.2. The Kier molecular flexibility index (Phi) is 2.88. The van der Waals surface area contributed by atoms with Crippen LogP contribution < -0.4 is 9.80 Å². The second-order valence-electron chi connectivity index (χ2n) is 4.45. The highest BCUT2D eigenvalue weighted by molar-refractivity contribution is 6.10. The highest BCUT2D eigenvalue weighted by Crippen LogP contribution is 2.34. The first kappa shape index (κ1) is 11.6. The molecule has 0 aliphatic carbocycles. The summed E-state index contributed by atoms with van der Waals surface area (Å²) in [7, 11) is 0. The van der Waals surface area contributed by atoms with Crippen molar-refractivity contribution in [3.63, 3.8) is 0 Å². The Labute approximate surface area is 101 Å². The summed E-state index contributed by atoms with van der Waals surface area (Å²) < 4.78 is 0. The molecular formula is C13H16N2O2. The summed E-state index contributed by atoms with van der Waals surface area (Å²) in [4.78, 5) is 26.9. The molecule has 1 aromatic carbocycles. The van der Waals surface area contributed by atoms with Crippen molar-refractivity contribution in [3.8, 4) is 0 Å². The van der Waals surface area contributed by atoms with Gasteiger partial charge < -0.3 is 9.80 Å². The second-order valence-corrected chi connectivity index (χ2v) is 4.45. The minimum Gasteiger partial charge on any atom is -0.306 e. The van der Waals surface area contributed by atoms with Gasteiger partial charge in [0.25, 0.3) is 0 Å². The van der Waals surface area contributed by atoms with E-state index in [1.165, 1.54) is 11.8 Å². The number of rotatable bonds is 1. The van der Waals surface area contributed by atoms with Crippen LogP contribution in [0.25, 0.3) is 0 Å². The number of amides is 2. The second kappa shape index (κ2) is 4.20. The average molecular weight is 232 g/mol. The van der Waals surface area contributed by atoms with E-state index in [0.29, 0.717) is 0 Å². The molecule has 90 valence electrons. The lowest BCUT2D eigenvalue weighted by Crippen LogP contribution is -2.50. The van der Waals surface area contributed by atoms with Gasteiger partial charge in [0.2, 0.25) is 11.8 Å². The topological polar surface area (TPSA) is 40.6 Å². The molecule has 0 saturated heterocycles. The van der Waals surface area contributed by atoms with Gasteiger partial charge in [0.1, 0.15) is 6.54 Å². The predicted octanol–water partition coefficient (Wildman–Crippen LogP) is 1.79. The summed E-state index contributed by atoms with van der Waals surface area (Å²) in [5.41, 5.74) is 1.63. The van der Waals surface area contributed by atoms with Crippen LogP contribution in [-0.2, 0) is 9.59 Å². The summed E-state index contributed by atoms with van der Waals surface area (Å²) >= 11 is 0. The monoisotopic (exact) mass is 232 g/mol. The van der Waals surface area contributed by atoms with Crippen LogP contribution in [0.4, 0.5) is 11.4 Å². The number of hydrogen-bond acceptors (Lipinski definition) is 2. The quantitative estimate of drug-likeness (QED) is 0.740. The molecule has 17 heavy (non-hydrogen) atoms. The van der Waals surface area contributed by atoms with Crippen molar-refractivity contribution in [1.29, 1.82) is 0 Å². The summed E-state index contributed by atoms with van der Waals surface area (Å²) in [5, 5.41) is 0. The maximum absolute atomic E-state index is 12.0. The van der Waals surface area contributed by atoms with Gasteiger partial charge in [0.15, 0.2) is 0 Å². The normalized spacial score (nSPS) is 15.2. The van der Waals surface area contributed by atoms with E-state index in [1.54, 1.807) is 4.90 Å². The van der Waals surface area contributed by atoms with Crippen molar-refractivity contribution in [2.45, 2.75) is 26.8 Å². The largest absolute Gasteiger partial charge is 0.306 e. The van der Waals surface area contributed by atoms with Gasteiger partial charge in [-0.3, -0.25) is 9.59 Å². The number of benzene rings is 1. The lowest BCUT2D eigenvalue weighted by atomic mass is 10.1. The molecule has 0 atom stereocenters. The molecule has 2 rings (SSSR count). The Morgan fingerprint density at radius 1 is 1.24 bits per heavy atom. The van der Waals surface area contributed by atoms with E-state index in [4.69, 9.17) is 0 Å². The SMILES string of the molecule is CC(=O)N1CC(=O)N(C(C)C)c2ccccc21. The molecule has 1 aromatic rings. The van der Waals surface area contributed by atoms with Gasteiger partial charge in [-0.1, -0.05) is 12.1 Å². The minimum absolute atomic E-state index is 0.0334. The molecule has 0 N–H and O–H groups in total. The standard InChI is InChI=1S/C13H16N2O2/c1-9(2)15-12-7-5-4-6-11(12)14(10(3)16)8-13(15)17/h4-7,9H,8H2,1-3H3. The zero-order valence-corrected chi connectivity index (χ0v) is 10.3. The molecule has 4 nitrogen and oxygen atoms in total. The Hall–Kier alpha value is -1.84. The molecule has 2 amide bonds. The molecule has 4 heteroatoms. The maximum Gasteiger partial charge on any atom is 0.247 e. The summed E-state index contributed by atoms with van der Waals surface area (Å²) in [6.07, 6.45) is 0. The van der Waals surface area contributed by atoms with Crippen LogP contribution in [0.3, 0.4) is 0 Å². The molecule has 0 saturated carbocycles. The van der Waals surface area contributed by atoms with Gasteiger partial charge in [0.05, 0.1) is 11.4 Å². The first-order valence-corrected chi connectivity index (χ1v) is 5.71.